The minimum atomic E-state index is -0.258. The summed E-state index contributed by atoms with van der Waals surface area (Å²) in [6, 6.07) is 10.3. The quantitative estimate of drug-likeness (QED) is 0.765. The number of likely N-dealkylation sites (N-methyl/N-ethyl adjacent to an activating group) is 1. The van der Waals surface area contributed by atoms with Crippen molar-refractivity contribution in [3.8, 4) is 0 Å². The predicted molar refractivity (Wildman–Crippen MR) is 97.8 cm³/mol. The molecular weight excluding hydrogens is 302 g/mol. The molecule has 0 aliphatic rings. The van der Waals surface area contributed by atoms with Crippen molar-refractivity contribution in [1.82, 2.24) is 15.5 Å². The van der Waals surface area contributed by atoms with E-state index in [1.54, 1.807) is 11.9 Å². The van der Waals surface area contributed by atoms with Gasteiger partial charge in [0.25, 0.3) is 0 Å². The normalized spacial score (nSPS) is 12.8. The van der Waals surface area contributed by atoms with Crippen LogP contribution < -0.4 is 10.6 Å². The van der Waals surface area contributed by atoms with Gasteiger partial charge in [-0.1, -0.05) is 30.3 Å². The van der Waals surface area contributed by atoms with Gasteiger partial charge in [-0.15, -0.1) is 0 Å². The lowest BCUT2D eigenvalue weighted by molar-refractivity contribution is -0.125. The van der Waals surface area contributed by atoms with Gasteiger partial charge in [-0.05, 0) is 53.1 Å². The highest BCUT2D eigenvalue weighted by Gasteiger charge is 2.17. The topological polar surface area (TPSA) is 61.4 Å². The Hall–Kier alpha value is -1.88. The third-order valence-electron chi connectivity index (χ3n) is 3.46. The van der Waals surface area contributed by atoms with Crippen molar-refractivity contribution in [2.24, 2.45) is 0 Å². The summed E-state index contributed by atoms with van der Waals surface area (Å²) in [4.78, 5) is 25.6. The van der Waals surface area contributed by atoms with Gasteiger partial charge in [0, 0.05) is 11.6 Å². The minimum Gasteiger partial charge on any atom is -0.353 e. The Labute approximate surface area is 145 Å². The zero-order chi connectivity index (χ0) is 18.2. The summed E-state index contributed by atoms with van der Waals surface area (Å²) in [7, 11) is 1.77. The number of hydrogen-bond acceptors (Lipinski definition) is 3. The maximum absolute atomic E-state index is 12.1. The van der Waals surface area contributed by atoms with Gasteiger partial charge in [-0.2, -0.15) is 0 Å². The maximum atomic E-state index is 12.1. The van der Waals surface area contributed by atoms with Gasteiger partial charge in [0.05, 0.1) is 13.1 Å². The monoisotopic (exact) mass is 333 g/mol. The van der Waals surface area contributed by atoms with E-state index in [0.29, 0.717) is 0 Å². The van der Waals surface area contributed by atoms with E-state index in [4.69, 9.17) is 0 Å². The summed E-state index contributed by atoms with van der Waals surface area (Å²) in [6.45, 7) is 8.24. The average molecular weight is 333 g/mol. The lowest BCUT2D eigenvalue weighted by Gasteiger charge is -2.23. The number of carbonyl (C=O) groups is 2. The molecule has 5 nitrogen and oxygen atoms in total. The summed E-state index contributed by atoms with van der Waals surface area (Å²) in [5.74, 6) is -0.128. The summed E-state index contributed by atoms with van der Waals surface area (Å²) in [6.07, 6.45) is 1.83. The van der Waals surface area contributed by atoms with Crippen LogP contribution in [-0.2, 0) is 16.0 Å². The molecule has 1 aromatic carbocycles. The molecule has 0 saturated carbocycles. The lowest BCUT2D eigenvalue weighted by atomic mass is 10.1. The van der Waals surface area contributed by atoms with Crippen molar-refractivity contribution in [1.29, 1.82) is 0 Å². The molecule has 0 bridgehead atoms. The van der Waals surface area contributed by atoms with Gasteiger partial charge >= 0.3 is 0 Å². The second-order valence-corrected chi connectivity index (χ2v) is 7.46. The Balaban J connectivity index is 2.27. The number of hydrogen-bond donors (Lipinski definition) is 2. The van der Waals surface area contributed by atoms with E-state index < -0.39 is 0 Å². The highest BCUT2D eigenvalue weighted by molar-refractivity contribution is 5.81. The van der Waals surface area contributed by atoms with Crippen LogP contribution in [0.25, 0.3) is 0 Å². The summed E-state index contributed by atoms with van der Waals surface area (Å²) in [5, 5.41) is 5.88. The number of nitrogens with zero attached hydrogens (tertiary/aromatic N) is 1. The van der Waals surface area contributed by atoms with Crippen molar-refractivity contribution in [2.75, 3.05) is 20.1 Å². The Morgan fingerprint density at radius 3 is 2.25 bits per heavy atom. The molecule has 24 heavy (non-hydrogen) atoms. The van der Waals surface area contributed by atoms with E-state index in [9.17, 15) is 9.59 Å². The molecule has 0 fully saturated rings. The number of carbonyl (C=O) groups excluding carboxylic acids is 2. The van der Waals surface area contributed by atoms with E-state index in [2.05, 4.69) is 22.8 Å². The molecule has 1 aromatic rings. The molecule has 2 amide bonds. The van der Waals surface area contributed by atoms with Crippen LogP contribution in [0.15, 0.2) is 30.3 Å². The first-order valence-electron chi connectivity index (χ1n) is 8.48. The summed E-state index contributed by atoms with van der Waals surface area (Å²) in [5.41, 5.74) is 1.01. The number of benzene rings is 1. The van der Waals surface area contributed by atoms with Gasteiger partial charge in [0.2, 0.25) is 11.8 Å². The molecule has 1 rings (SSSR count). The molecule has 0 aromatic heterocycles. The molecule has 0 saturated heterocycles. The van der Waals surface area contributed by atoms with Crippen molar-refractivity contribution in [3.05, 3.63) is 35.9 Å². The van der Waals surface area contributed by atoms with Gasteiger partial charge in [0.1, 0.15) is 0 Å². The molecule has 5 heteroatoms. The summed E-state index contributed by atoms with van der Waals surface area (Å²) < 4.78 is 0. The largest absolute Gasteiger partial charge is 0.353 e. The molecule has 0 aliphatic carbocycles. The van der Waals surface area contributed by atoms with Crippen LogP contribution in [0.5, 0.6) is 0 Å². The van der Waals surface area contributed by atoms with Crippen LogP contribution in [-0.4, -0.2) is 48.4 Å². The molecule has 2 N–H and O–H groups in total. The van der Waals surface area contributed by atoms with Crippen molar-refractivity contribution >= 4 is 11.8 Å². The van der Waals surface area contributed by atoms with Gasteiger partial charge < -0.3 is 10.6 Å². The van der Waals surface area contributed by atoms with Crippen LogP contribution in [0, 0.1) is 0 Å². The minimum absolute atomic E-state index is 0.0541. The number of nitrogens with one attached hydrogen (secondary N) is 2. The second-order valence-electron chi connectivity index (χ2n) is 7.46. The fourth-order valence-electron chi connectivity index (χ4n) is 2.42. The predicted octanol–water partition coefficient (Wildman–Crippen LogP) is 1.97. The first-order valence-corrected chi connectivity index (χ1v) is 8.48. The molecule has 0 radical (unpaired) electrons. The maximum Gasteiger partial charge on any atom is 0.234 e. The Kier molecular flexibility index (Phi) is 7.92. The van der Waals surface area contributed by atoms with Gasteiger partial charge in [-0.3, -0.25) is 14.5 Å². The molecule has 1 atom stereocenters. The molecule has 0 heterocycles. The van der Waals surface area contributed by atoms with Crippen molar-refractivity contribution in [2.45, 2.75) is 52.1 Å². The first kappa shape index (κ1) is 20.2. The molecule has 0 spiro atoms. The lowest BCUT2D eigenvalue weighted by Crippen LogP contribution is -2.47. The highest BCUT2D eigenvalue weighted by atomic mass is 16.2. The van der Waals surface area contributed by atoms with Crippen molar-refractivity contribution in [3.63, 3.8) is 0 Å². The highest BCUT2D eigenvalue weighted by Crippen LogP contribution is 2.04. The number of amides is 2. The van der Waals surface area contributed by atoms with Gasteiger partial charge in [0.15, 0.2) is 0 Å². The van der Waals surface area contributed by atoms with Crippen LogP contribution in [0.2, 0.25) is 0 Å². The van der Waals surface area contributed by atoms with Crippen molar-refractivity contribution < 1.29 is 9.59 Å². The van der Waals surface area contributed by atoms with E-state index in [-0.39, 0.29) is 36.5 Å². The molecular formula is C19H31N3O2. The smallest absolute Gasteiger partial charge is 0.234 e. The van der Waals surface area contributed by atoms with E-state index in [0.717, 1.165) is 12.8 Å². The fraction of sp³-hybridized carbons (Fsp3) is 0.579. The Morgan fingerprint density at radius 1 is 1.08 bits per heavy atom. The Morgan fingerprint density at radius 2 is 1.67 bits per heavy atom. The van der Waals surface area contributed by atoms with Gasteiger partial charge in [-0.25, -0.2) is 0 Å². The average Bonchev–Trinajstić information content (AvgIpc) is 2.43. The third kappa shape index (κ3) is 9.30. The molecule has 0 unspecified atom stereocenters. The van der Waals surface area contributed by atoms with Crippen LogP contribution in [0.4, 0.5) is 0 Å². The van der Waals surface area contributed by atoms with E-state index in [1.165, 1.54) is 5.56 Å². The zero-order valence-electron chi connectivity index (χ0n) is 15.6. The van der Waals surface area contributed by atoms with E-state index >= 15 is 0 Å². The Bertz CT molecular complexity index is 523. The zero-order valence-corrected chi connectivity index (χ0v) is 15.6. The van der Waals surface area contributed by atoms with Crippen LogP contribution >= 0.6 is 0 Å². The first-order chi connectivity index (χ1) is 11.2. The van der Waals surface area contributed by atoms with E-state index in [1.807, 2.05) is 45.9 Å². The summed E-state index contributed by atoms with van der Waals surface area (Å²) >= 11 is 0. The van der Waals surface area contributed by atoms with Crippen LogP contribution in [0.3, 0.4) is 0 Å². The standard InChI is InChI=1S/C19H31N3O2/c1-15(11-12-16-9-7-6-8-10-16)20-17(23)13-22(5)14-18(24)21-19(2,3)4/h6-10,15H,11-14H2,1-5H3,(H,20,23)(H,21,24)/t15-/m0/s1. The molecule has 134 valence electrons. The second kappa shape index (κ2) is 9.42. The third-order valence-corrected chi connectivity index (χ3v) is 3.46. The fourth-order valence-corrected chi connectivity index (χ4v) is 2.42. The number of rotatable bonds is 8. The van der Waals surface area contributed by atoms with Crippen LogP contribution in [0.1, 0.15) is 39.7 Å². The molecule has 0 aliphatic heterocycles. The SMILES string of the molecule is C[C@@H](CCc1ccccc1)NC(=O)CN(C)CC(=O)NC(C)(C)C. The number of aryl methyl sites for hydroxylation is 1.